The standard InChI is InChI=1S/C16H14BrN3/c1-11-8-13(17)3-5-15(11)20-7-6-19-14-4-2-12(10-18)9-16(14)20/h2-5,8-9,19H,6-7H2,1H3. The van der Waals surface area contributed by atoms with Crippen molar-refractivity contribution in [3.63, 3.8) is 0 Å². The minimum Gasteiger partial charge on any atom is -0.382 e. The van der Waals surface area contributed by atoms with Crippen molar-refractivity contribution in [2.45, 2.75) is 6.92 Å². The number of nitrogens with one attached hydrogen (secondary N) is 1. The van der Waals surface area contributed by atoms with Crippen molar-refractivity contribution in [3.8, 4) is 6.07 Å². The number of halogens is 1. The van der Waals surface area contributed by atoms with Gasteiger partial charge in [-0.15, -0.1) is 0 Å². The van der Waals surface area contributed by atoms with Gasteiger partial charge in [0.1, 0.15) is 0 Å². The highest BCUT2D eigenvalue weighted by molar-refractivity contribution is 9.10. The summed E-state index contributed by atoms with van der Waals surface area (Å²) in [7, 11) is 0. The molecule has 0 aliphatic carbocycles. The van der Waals surface area contributed by atoms with Crippen LogP contribution in [-0.4, -0.2) is 13.1 Å². The summed E-state index contributed by atoms with van der Waals surface area (Å²) < 4.78 is 1.08. The molecule has 1 heterocycles. The van der Waals surface area contributed by atoms with E-state index in [0.717, 1.165) is 28.9 Å². The first kappa shape index (κ1) is 13.0. The average molecular weight is 328 g/mol. The second kappa shape index (κ2) is 5.18. The van der Waals surface area contributed by atoms with Crippen molar-refractivity contribution < 1.29 is 0 Å². The second-order valence-electron chi connectivity index (χ2n) is 4.85. The van der Waals surface area contributed by atoms with Crippen LogP contribution in [0.3, 0.4) is 0 Å². The van der Waals surface area contributed by atoms with Crippen molar-refractivity contribution in [2.24, 2.45) is 0 Å². The summed E-state index contributed by atoms with van der Waals surface area (Å²) in [5, 5.41) is 12.5. The van der Waals surface area contributed by atoms with Crippen LogP contribution in [0.2, 0.25) is 0 Å². The van der Waals surface area contributed by atoms with Crippen LogP contribution in [0.4, 0.5) is 17.1 Å². The first-order valence-corrected chi connectivity index (χ1v) is 7.30. The van der Waals surface area contributed by atoms with Gasteiger partial charge in [-0.1, -0.05) is 15.9 Å². The van der Waals surface area contributed by atoms with Gasteiger partial charge in [0.15, 0.2) is 0 Å². The molecule has 2 aromatic carbocycles. The van der Waals surface area contributed by atoms with E-state index in [0.29, 0.717) is 5.56 Å². The highest BCUT2D eigenvalue weighted by Crippen LogP contribution is 2.37. The average Bonchev–Trinajstić information content (AvgIpc) is 2.46. The zero-order chi connectivity index (χ0) is 14.1. The summed E-state index contributed by atoms with van der Waals surface area (Å²) in [6, 6.07) is 14.3. The van der Waals surface area contributed by atoms with Gasteiger partial charge in [0.25, 0.3) is 0 Å². The third-order valence-corrected chi connectivity index (χ3v) is 4.01. The lowest BCUT2D eigenvalue weighted by Gasteiger charge is -2.33. The minimum absolute atomic E-state index is 0.687. The number of benzene rings is 2. The van der Waals surface area contributed by atoms with Crippen molar-refractivity contribution >= 4 is 33.0 Å². The Kier molecular flexibility index (Phi) is 3.37. The highest BCUT2D eigenvalue weighted by Gasteiger charge is 2.19. The van der Waals surface area contributed by atoms with Crippen LogP contribution in [0.1, 0.15) is 11.1 Å². The van der Waals surface area contributed by atoms with Crippen molar-refractivity contribution in [1.29, 1.82) is 5.26 Å². The van der Waals surface area contributed by atoms with E-state index in [1.54, 1.807) is 0 Å². The Balaban J connectivity index is 2.11. The number of rotatable bonds is 1. The summed E-state index contributed by atoms with van der Waals surface area (Å²) >= 11 is 3.50. The van der Waals surface area contributed by atoms with Gasteiger partial charge in [0, 0.05) is 23.2 Å². The van der Waals surface area contributed by atoms with Crippen LogP contribution >= 0.6 is 15.9 Å². The molecule has 0 atom stereocenters. The van der Waals surface area contributed by atoms with Gasteiger partial charge in [-0.3, -0.25) is 0 Å². The van der Waals surface area contributed by atoms with Crippen molar-refractivity contribution in [2.75, 3.05) is 23.3 Å². The van der Waals surface area contributed by atoms with Gasteiger partial charge in [-0.05, 0) is 48.9 Å². The number of anilines is 3. The number of fused-ring (bicyclic) bond motifs is 1. The monoisotopic (exact) mass is 327 g/mol. The van der Waals surface area contributed by atoms with E-state index in [9.17, 15) is 0 Å². The number of nitrogens with zero attached hydrogens (tertiary/aromatic N) is 2. The fourth-order valence-electron chi connectivity index (χ4n) is 2.57. The molecule has 0 fully saturated rings. The van der Waals surface area contributed by atoms with Gasteiger partial charge in [-0.2, -0.15) is 5.26 Å². The molecule has 1 N–H and O–H groups in total. The predicted octanol–water partition coefficient (Wildman–Crippen LogP) is 4.19. The summed E-state index contributed by atoms with van der Waals surface area (Å²) in [6.45, 7) is 3.90. The van der Waals surface area contributed by atoms with E-state index in [2.05, 4.69) is 57.3 Å². The fraction of sp³-hybridized carbons (Fsp3) is 0.188. The van der Waals surface area contributed by atoms with E-state index in [4.69, 9.17) is 5.26 Å². The lowest BCUT2D eigenvalue weighted by Crippen LogP contribution is -2.30. The molecule has 3 nitrogen and oxygen atoms in total. The molecule has 0 aromatic heterocycles. The Morgan fingerprint density at radius 1 is 1.20 bits per heavy atom. The largest absolute Gasteiger partial charge is 0.382 e. The molecular weight excluding hydrogens is 314 g/mol. The van der Waals surface area contributed by atoms with Gasteiger partial charge >= 0.3 is 0 Å². The maximum Gasteiger partial charge on any atom is 0.0992 e. The molecule has 20 heavy (non-hydrogen) atoms. The molecule has 1 aliphatic heterocycles. The molecule has 0 unspecified atom stereocenters. The van der Waals surface area contributed by atoms with Gasteiger partial charge in [0.2, 0.25) is 0 Å². The Bertz CT molecular complexity index is 703. The smallest absolute Gasteiger partial charge is 0.0992 e. The number of hydrogen-bond acceptors (Lipinski definition) is 3. The van der Waals surface area contributed by atoms with E-state index in [-0.39, 0.29) is 0 Å². The third-order valence-electron chi connectivity index (χ3n) is 3.52. The van der Waals surface area contributed by atoms with Gasteiger partial charge < -0.3 is 10.2 Å². The first-order valence-electron chi connectivity index (χ1n) is 6.51. The Hall–Kier alpha value is -1.99. The lowest BCUT2D eigenvalue weighted by molar-refractivity contribution is 0.922. The predicted molar refractivity (Wildman–Crippen MR) is 85.5 cm³/mol. The SMILES string of the molecule is Cc1cc(Br)ccc1N1CCNc2ccc(C#N)cc21. The molecule has 0 radical (unpaired) electrons. The minimum atomic E-state index is 0.687. The zero-order valence-corrected chi connectivity index (χ0v) is 12.7. The van der Waals surface area contributed by atoms with Crippen molar-refractivity contribution in [3.05, 3.63) is 52.0 Å². The third kappa shape index (κ3) is 2.25. The Labute approximate surface area is 127 Å². The summed E-state index contributed by atoms with van der Waals surface area (Å²) in [5.74, 6) is 0. The summed E-state index contributed by atoms with van der Waals surface area (Å²) in [5.41, 5.74) is 5.24. The number of nitriles is 1. The molecule has 0 spiro atoms. The maximum absolute atomic E-state index is 9.09. The molecule has 2 aromatic rings. The molecule has 3 rings (SSSR count). The normalized spacial score (nSPS) is 13.3. The van der Waals surface area contributed by atoms with Crippen LogP contribution in [0.25, 0.3) is 0 Å². The molecule has 0 bridgehead atoms. The van der Waals surface area contributed by atoms with Gasteiger partial charge in [-0.25, -0.2) is 0 Å². The molecule has 0 saturated carbocycles. The van der Waals surface area contributed by atoms with Crippen LogP contribution in [0.15, 0.2) is 40.9 Å². The second-order valence-corrected chi connectivity index (χ2v) is 5.77. The van der Waals surface area contributed by atoms with Crippen LogP contribution < -0.4 is 10.2 Å². The van der Waals surface area contributed by atoms with E-state index in [1.165, 1.54) is 11.3 Å². The molecule has 100 valence electrons. The molecule has 0 saturated heterocycles. The first-order chi connectivity index (χ1) is 9.69. The lowest BCUT2D eigenvalue weighted by atomic mass is 10.1. The number of aryl methyl sites for hydroxylation is 1. The van der Waals surface area contributed by atoms with Crippen LogP contribution in [0, 0.1) is 18.3 Å². The topological polar surface area (TPSA) is 39.1 Å². The van der Waals surface area contributed by atoms with Crippen LogP contribution in [-0.2, 0) is 0 Å². The molecule has 4 heteroatoms. The summed E-state index contributed by atoms with van der Waals surface area (Å²) in [4.78, 5) is 2.27. The quantitative estimate of drug-likeness (QED) is 0.853. The Morgan fingerprint density at radius 2 is 2.05 bits per heavy atom. The Morgan fingerprint density at radius 3 is 2.80 bits per heavy atom. The van der Waals surface area contributed by atoms with Crippen LogP contribution in [0.5, 0.6) is 0 Å². The number of hydrogen-bond donors (Lipinski definition) is 1. The molecule has 0 amide bonds. The summed E-state index contributed by atoms with van der Waals surface area (Å²) in [6.07, 6.45) is 0. The van der Waals surface area contributed by atoms with Crippen molar-refractivity contribution in [1.82, 2.24) is 0 Å². The fourth-order valence-corrected chi connectivity index (χ4v) is 3.04. The van der Waals surface area contributed by atoms with E-state index < -0.39 is 0 Å². The molecular formula is C16H14BrN3. The van der Waals surface area contributed by atoms with Gasteiger partial charge in [0.05, 0.1) is 23.0 Å². The molecule has 1 aliphatic rings. The highest BCUT2D eigenvalue weighted by atomic mass is 79.9. The van der Waals surface area contributed by atoms with E-state index in [1.807, 2.05) is 18.2 Å². The van der Waals surface area contributed by atoms with E-state index >= 15 is 0 Å². The zero-order valence-electron chi connectivity index (χ0n) is 11.2. The maximum atomic E-state index is 9.09.